The van der Waals surface area contributed by atoms with Gasteiger partial charge < -0.3 is 10.1 Å². The summed E-state index contributed by atoms with van der Waals surface area (Å²) in [5.74, 6) is 0.210. The fourth-order valence-electron chi connectivity index (χ4n) is 3.23. The van der Waals surface area contributed by atoms with Crippen LogP contribution in [0.1, 0.15) is 35.9 Å². The van der Waals surface area contributed by atoms with E-state index in [0.29, 0.717) is 6.54 Å². The molecule has 1 N–H and O–H groups in total. The first-order chi connectivity index (χ1) is 10.2. The van der Waals surface area contributed by atoms with Crippen LogP contribution in [-0.4, -0.2) is 42.6 Å². The lowest BCUT2D eigenvalue weighted by molar-refractivity contribution is -0.144. The Hall–Kier alpha value is -0.910. The highest BCUT2D eigenvalue weighted by Gasteiger charge is 2.48. The molecule has 0 aromatic carbocycles. The highest BCUT2D eigenvalue weighted by atomic mass is 32.1. The first kappa shape index (κ1) is 15.0. The van der Waals surface area contributed by atoms with Crippen molar-refractivity contribution in [3.8, 4) is 0 Å². The van der Waals surface area contributed by atoms with Crippen LogP contribution in [0.15, 0.2) is 12.1 Å². The molecule has 3 rings (SSSR count). The van der Waals surface area contributed by atoms with E-state index in [4.69, 9.17) is 4.74 Å². The number of amides is 1. The van der Waals surface area contributed by atoms with Gasteiger partial charge in [-0.3, -0.25) is 9.69 Å². The van der Waals surface area contributed by atoms with Gasteiger partial charge in [0, 0.05) is 22.8 Å². The Morgan fingerprint density at radius 2 is 2.05 bits per heavy atom. The molecule has 1 aromatic heterocycles. The standard InChI is InChI=1S/C16H24N2O2S/c1-2-13-4-5-14(21-13)12-17-15(19)16(6-3-7-16)18-8-10-20-11-9-18/h4-5H,2-3,6-12H2,1H3,(H,17,19). The fraction of sp³-hybridized carbons (Fsp3) is 0.688. The number of carbonyl (C=O) groups excluding carboxylic acids is 1. The average molecular weight is 308 g/mol. The van der Waals surface area contributed by atoms with Gasteiger partial charge in [-0.25, -0.2) is 0 Å². The number of morpholine rings is 1. The maximum atomic E-state index is 12.7. The molecule has 2 aliphatic rings. The summed E-state index contributed by atoms with van der Waals surface area (Å²) < 4.78 is 5.42. The van der Waals surface area contributed by atoms with Crippen LogP contribution in [0, 0.1) is 0 Å². The molecule has 1 saturated carbocycles. The van der Waals surface area contributed by atoms with Crippen molar-refractivity contribution < 1.29 is 9.53 Å². The highest BCUT2D eigenvalue weighted by Crippen LogP contribution is 2.38. The lowest BCUT2D eigenvalue weighted by Crippen LogP contribution is -2.64. The van der Waals surface area contributed by atoms with Crippen molar-refractivity contribution in [1.82, 2.24) is 10.2 Å². The number of hydrogen-bond acceptors (Lipinski definition) is 4. The minimum Gasteiger partial charge on any atom is -0.379 e. The van der Waals surface area contributed by atoms with E-state index in [2.05, 4.69) is 29.3 Å². The van der Waals surface area contributed by atoms with Gasteiger partial charge in [0.15, 0.2) is 0 Å². The Balaban J connectivity index is 1.60. The molecule has 1 saturated heterocycles. The molecule has 0 atom stereocenters. The first-order valence-corrected chi connectivity index (χ1v) is 8.75. The van der Waals surface area contributed by atoms with Crippen LogP contribution in [0.3, 0.4) is 0 Å². The molecule has 4 nitrogen and oxygen atoms in total. The maximum absolute atomic E-state index is 12.7. The van der Waals surface area contributed by atoms with Crippen LogP contribution in [0.4, 0.5) is 0 Å². The summed E-state index contributed by atoms with van der Waals surface area (Å²) >= 11 is 1.80. The zero-order valence-corrected chi connectivity index (χ0v) is 13.5. The maximum Gasteiger partial charge on any atom is 0.240 e. The molecule has 1 aliphatic carbocycles. The van der Waals surface area contributed by atoms with Crippen molar-refractivity contribution in [3.63, 3.8) is 0 Å². The summed E-state index contributed by atoms with van der Waals surface area (Å²) in [7, 11) is 0. The van der Waals surface area contributed by atoms with Crippen molar-refractivity contribution in [3.05, 3.63) is 21.9 Å². The van der Waals surface area contributed by atoms with E-state index in [-0.39, 0.29) is 11.4 Å². The second kappa shape index (κ2) is 6.46. The van der Waals surface area contributed by atoms with Crippen molar-refractivity contribution >= 4 is 17.2 Å². The zero-order valence-electron chi connectivity index (χ0n) is 12.7. The zero-order chi connectivity index (χ0) is 14.7. The number of aryl methyl sites for hydroxylation is 1. The lowest BCUT2D eigenvalue weighted by atomic mass is 9.74. The number of hydrogen-bond donors (Lipinski definition) is 1. The molecule has 0 bridgehead atoms. The van der Waals surface area contributed by atoms with E-state index in [0.717, 1.165) is 52.0 Å². The number of rotatable bonds is 5. The molecule has 2 fully saturated rings. The van der Waals surface area contributed by atoms with Gasteiger partial charge in [0.2, 0.25) is 5.91 Å². The fourth-order valence-corrected chi connectivity index (χ4v) is 4.13. The van der Waals surface area contributed by atoms with Crippen LogP contribution in [0.2, 0.25) is 0 Å². The van der Waals surface area contributed by atoms with E-state index in [1.165, 1.54) is 9.75 Å². The molecule has 0 radical (unpaired) electrons. The minimum absolute atomic E-state index is 0.210. The summed E-state index contributed by atoms with van der Waals surface area (Å²) in [6.45, 7) is 6.09. The van der Waals surface area contributed by atoms with Crippen molar-refractivity contribution in [2.75, 3.05) is 26.3 Å². The van der Waals surface area contributed by atoms with Gasteiger partial charge in [0.05, 0.1) is 19.8 Å². The van der Waals surface area contributed by atoms with Gasteiger partial charge in [0.25, 0.3) is 0 Å². The summed E-state index contributed by atoms with van der Waals surface area (Å²) in [5, 5.41) is 3.17. The van der Waals surface area contributed by atoms with Gasteiger partial charge in [-0.1, -0.05) is 6.92 Å². The predicted octanol–water partition coefficient (Wildman–Crippen LogP) is 2.18. The average Bonchev–Trinajstić information content (AvgIpc) is 2.93. The SMILES string of the molecule is CCc1ccc(CNC(=O)C2(N3CCOCC3)CCC2)s1. The number of carbonyl (C=O) groups is 1. The molecule has 1 aliphatic heterocycles. The smallest absolute Gasteiger partial charge is 0.240 e. The summed E-state index contributed by atoms with van der Waals surface area (Å²) in [5.41, 5.74) is -0.255. The summed E-state index contributed by atoms with van der Waals surface area (Å²) in [6, 6.07) is 4.29. The van der Waals surface area contributed by atoms with Crippen molar-refractivity contribution in [2.45, 2.75) is 44.7 Å². The third kappa shape index (κ3) is 3.00. The van der Waals surface area contributed by atoms with Gasteiger partial charge in [0.1, 0.15) is 5.54 Å². The van der Waals surface area contributed by atoms with Crippen LogP contribution in [-0.2, 0) is 22.5 Å². The van der Waals surface area contributed by atoms with E-state index in [9.17, 15) is 4.79 Å². The third-order valence-corrected chi connectivity index (χ3v) is 5.94. The quantitative estimate of drug-likeness (QED) is 0.906. The van der Waals surface area contributed by atoms with Crippen LogP contribution in [0.5, 0.6) is 0 Å². The number of ether oxygens (including phenoxy) is 1. The molecular formula is C16H24N2O2S. The van der Waals surface area contributed by atoms with Gasteiger partial charge >= 0.3 is 0 Å². The topological polar surface area (TPSA) is 41.6 Å². The van der Waals surface area contributed by atoms with Crippen molar-refractivity contribution in [2.24, 2.45) is 0 Å². The second-order valence-corrected chi connectivity index (χ2v) is 7.14. The van der Waals surface area contributed by atoms with Crippen molar-refractivity contribution in [1.29, 1.82) is 0 Å². The monoisotopic (exact) mass is 308 g/mol. The Labute approximate surface area is 130 Å². The van der Waals surface area contributed by atoms with E-state index >= 15 is 0 Å². The first-order valence-electron chi connectivity index (χ1n) is 7.93. The van der Waals surface area contributed by atoms with Gasteiger partial charge in [-0.15, -0.1) is 11.3 Å². The number of nitrogens with one attached hydrogen (secondary N) is 1. The Morgan fingerprint density at radius 3 is 2.62 bits per heavy atom. The molecule has 0 unspecified atom stereocenters. The van der Waals surface area contributed by atoms with Crippen LogP contribution >= 0.6 is 11.3 Å². The Kier molecular flexibility index (Phi) is 4.62. The number of thiophene rings is 1. The third-order valence-electron chi connectivity index (χ3n) is 4.71. The summed E-state index contributed by atoms with van der Waals surface area (Å²) in [6.07, 6.45) is 4.20. The lowest BCUT2D eigenvalue weighted by Gasteiger charge is -2.50. The Bertz CT molecular complexity index is 490. The molecule has 0 spiro atoms. The van der Waals surface area contributed by atoms with E-state index < -0.39 is 0 Å². The minimum atomic E-state index is -0.255. The highest BCUT2D eigenvalue weighted by molar-refractivity contribution is 7.11. The Morgan fingerprint density at radius 1 is 1.33 bits per heavy atom. The predicted molar refractivity (Wildman–Crippen MR) is 84.5 cm³/mol. The van der Waals surface area contributed by atoms with Crippen LogP contribution < -0.4 is 5.32 Å². The van der Waals surface area contributed by atoms with Crippen LogP contribution in [0.25, 0.3) is 0 Å². The normalized spacial score (nSPS) is 21.8. The molecule has 1 amide bonds. The molecule has 21 heavy (non-hydrogen) atoms. The van der Waals surface area contributed by atoms with E-state index in [1.54, 1.807) is 11.3 Å². The number of nitrogens with zero attached hydrogens (tertiary/aromatic N) is 1. The second-order valence-electron chi connectivity index (χ2n) is 5.89. The largest absolute Gasteiger partial charge is 0.379 e. The molecule has 5 heteroatoms. The molecule has 1 aromatic rings. The summed E-state index contributed by atoms with van der Waals surface area (Å²) in [4.78, 5) is 17.7. The van der Waals surface area contributed by atoms with Gasteiger partial charge in [-0.05, 0) is 37.8 Å². The van der Waals surface area contributed by atoms with Gasteiger partial charge in [-0.2, -0.15) is 0 Å². The molecule has 116 valence electrons. The van der Waals surface area contributed by atoms with E-state index in [1.807, 2.05) is 0 Å². The molecular weight excluding hydrogens is 284 g/mol. The molecule has 2 heterocycles.